The summed E-state index contributed by atoms with van der Waals surface area (Å²) in [6.07, 6.45) is 2.04. The van der Waals surface area contributed by atoms with Crippen LogP contribution in [0.3, 0.4) is 0 Å². The molecule has 1 saturated heterocycles. The Labute approximate surface area is 167 Å². The van der Waals surface area contributed by atoms with Crippen molar-refractivity contribution in [2.24, 2.45) is 0 Å². The summed E-state index contributed by atoms with van der Waals surface area (Å²) in [6.45, 7) is 2.43. The van der Waals surface area contributed by atoms with Gasteiger partial charge in [0.05, 0.1) is 17.7 Å². The molecule has 0 spiro atoms. The predicted octanol–water partition coefficient (Wildman–Crippen LogP) is 3.59. The molecule has 1 aromatic carbocycles. The van der Waals surface area contributed by atoms with Crippen molar-refractivity contribution >= 4 is 11.3 Å². The molecule has 146 valence electrons. The smallest absolute Gasteiger partial charge is 0.251 e. The highest BCUT2D eigenvalue weighted by molar-refractivity contribution is 7.13. The molecule has 1 atom stereocenters. The van der Waals surface area contributed by atoms with Gasteiger partial charge in [-0.3, -0.25) is 9.69 Å². The molecule has 0 bridgehead atoms. The van der Waals surface area contributed by atoms with E-state index in [0.29, 0.717) is 18.1 Å². The second-order valence-corrected chi connectivity index (χ2v) is 8.01. The third-order valence-corrected chi connectivity index (χ3v) is 6.00. The Kier molecular flexibility index (Phi) is 5.45. The number of nitrogens with zero attached hydrogens (tertiary/aromatic N) is 2. The van der Waals surface area contributed by atoms with Crippen molar-refractivity contribution < 1.29 is 9.84 Å². The van der Waals surface area contributed by atoms with Crippen LogP contribution in [0.4, 0.5) is 0 Å². The molecule has 28 heavy (non-hydrogen) atoms. The SMILES string of the molecule is COc1ccc(CN2CCC[C@@H](c3cc(=O)[nH]c(-c4cccs4)n3)C2)c(O)c1. The standard InChI is InChI=1S/C21H23N3O3S/c1-27-16-7-6-15(18(25)10-16)13-24-8-2-4-14(12-24)17-11-20(26)23-21(22-17)19-5-3-9-28-19/h3,5-7,9-11,14,25H,2,4,8,12-13H2,1H3,(H,22,23,26)/t14-/m1/s1. The van der Waals surface area contributed by atoms with Crippen LogP contribution in [-0.4, -0.2) is 40.2 Å². The molecule has 0 aliphatic carbocycles. The fraction of sp³-hybridized carbons (Fsp3) is 0.333. The highest BCUT2D eigenvalue weighted by atomic mass is 32.1. The molecule has 0 amide bonds. The lowest BCUT2D eigenvalue weighted by Crippen LogP contribution is -2.34. The first-order valence-electron chi connectivity index (χ1n) is 9.36. The number of ether oxygens (including phenoxy) is 1. The van der Waals surface area contributed by atoms with Gasteiger partial charge in [-0.1, -0.05) is 12.1 Å². The number of rotatable bonds is 5. The fourth-order valence-corrected chi connectivity index (χ4v) is 4.37. The summed E-state index contributed by atoms with van der Waals surface area (Å²) in [5, 5.41) is 12.2. The zero-order valence-electron chi connectivity index (χ0n) is 15.7. The van der Waals surface area contributed by atoms with Crippen LogP contribution in [-0.2, 0) is 6.54 Å². The number of methoxy groups -OCH3 is 1. The average molecular weight is 398 g/mol. The van der Waals surface area contributed by atoms with E-state index < -0.39 is 0 Å². The normalized spacial score (nSPS) is 17.5. The Hall–Kier alpha value is -2.64. The van der Waals surface area contributed by atoms with Crippen molar-refractivity contribution in [2.45, 2.75) is 25.3 Å². The van der Waals surface area contributed by atoms with E-state index in [2.05, 4.69) is 9.88 Å². The van der Waals surface area contributed by atoms with Gasteiger partial charge in [0.15, 0.2) is 0 Å². The van der Waals surface area contributed by atoms with Crippen LogP contribution in [0.25, 0.3) is 10.7 Å². The average Bonchev–Trinajstić information content (AvgIpc) is 3.24. The number of hydrogen-bond acceptors (Lipinski definition) is 6. The summed E-state index contributed by atoms with van der Waals surface area (Å²) in [6, 6.07) is 10.9. The minimum Gasteiger partial charge on any atom is -0.507 e. The number of thiophene rings is 1. The molecule has 2 aromatic heterocycles. The molecule has 1 aliphatic heterocycles. The lowest BCUT2D eigenvalue weighted by atomic mass is 9.94. The summed E-state index contributed by atoms with van der Waals surface area (Å²) < 4.78 is 5.15. The third kappa shape index (κ3) is 4.10. The van der Waals surface area contributed by atoms with Crippen molar-refractivity contribution in [3.63, 3.8) is 0 Å². The first-order valence-corrected chi connectivity index (χ1v) is 10.2. The van der Waals surface area contributed by atoms with E-state index in [1.165, 1.54) is 0 Å². The molecule has 0 saturated carbocycles. The molecule has 6 nitrogen and oxygen atoms in total. The van der Waals surface area contributed by atoms with E-state index in [1.54, 1.807) is 30.6 Å². The molecule has 3 heterocycles. The van der Waals surface area contributed by atoms with Crippen molar-refractivity contribution in [1.29, 1.82) is 0 Å². The molecular formula is C21H23N3O3S. The predicted molar refractivity (Wildman–Crippen MR) is 110 cm³/mol. The maximum absolute atomic E-state index is 12.2. The summed E-state index contributed by atoms with van der Waals surface area (Å²) >= 11 is 1.57. The van der Waals surface area contributed by atoms with E-state index >= 15 is 0 Å². The van der Waals surface area contributed by atoms with Crippen LogP contribution in [0.5, 0.6) is 11.5 Å². The Morgan fingerprint density at radius 1 is 1.36 bits per heavy atom. The summed E-state index contributed by atoms with van der Waals surface area (Å²) in [4.78, 5) is 23.0. The maximum atomic E-state index is 12.2. The van der Waals surface area contributed by atoms with Gasteiger partial charge in [0.25, 0.3) is 5.56 Å². The van der Waals surface area contributed by atoms with Crippen LogP contribution in [0.2, 0.25) is 0 Å². The minimum absolute atomic E-state index is 0.113. The van der Waals surface area contributed by atoms with Gasteiger partial charge in [0, 0.05) is 36.7 Å². The third-order valence-electron chi connectivity index (χ3n) is 5.13. The van der Waals surface area contributed by atoms with Crippen molar-refractivity contribution in [3.05, 3.63) is 63.4 Å². The Morgan fingerprint density at radius 2 is 2.25 bits per heavy atom. The lowest BCUT2D eigenvalue weighted by molar-refractivity contribution is 0.196. The topological polar surface area (TPSA) is 78.5 Å². The number of H-pyrrole nitrogens is 1. The van der Waals surface area contributed by atoms with Gasteiger partial charge in [-0.25, -0.2) is 4.98 Å². The number of nitrogens with one attached hydrogen (secondary N) is 1. The number of hydrogen-bond donors (Lipinski definition) is 2. The summed E-state index contributed by atoms with van der Waals surface area (Å²) in [5.74, 6) is 1.74. The summed E-state index contributed by atoms with van der Waals surface area (Å²) in [5.41, 5.74) is 1.61. The van der Waals surface area contributed by atoms with Crippen molar-refractivity contribution in [1.82, 2.24) is 14.9 Å². The Morgan fingerprint density at radius 3 is 3.00 bits per heavy atom. The number of aromatic hydroxyl groups is 1. The first kappa shape index (κ1) is 18.7. The zero-order valence-corrected chi connectivity index (χ0v) is 16.5. The van der Waals surface area contributed by atoms with E-state index in [4.69, 9.17) is 9.72 Å². The van der Waals surface area contributed by atoms with E-state index in [1.807, 2.05) is 29.6 Å². The second kappa shape index (κ2) is 8.16. The molecule has 1 aliphatic rings. The second-order valence-electron chi connectivity index (χ2n) is 7.07. The monoisotopic (exact) mass is 397 g/mol. The molecule has 0 unspecified atom stereocenters. The summed E-state index contributed by atoms with van der Waals surface area (Å²) in [7, 11) is 1.59. The Bertz CT molecular complexity index is 1000. The van der Waals surface area contributed by atoms with E-state index in [0.717, 1.165) is 42.1 Å². The maximum Gasteiger partial charge on any atom is 0.251 e. The Balaban J connectivity index is 1.52. The lowest BCUT2D eigenvalue weighted by Gasteiger charge is -2.32. The van der Waals surface area contributed by atoms with Crippen LogP contribution >= 0.6 is 11.3 Å². The first-order chi connectivity index (χ1) is 13.6. The van der Waals surface area contributed by atoms with Crippen LogP contribution in [0.1, 0.15) is 30.0 Å². The molecule has 7 heteroatoms. The number of likely N-dealkylation sites (tertiary alicyclic amines) is 1. The number of phenols is 1. The molecule has 1 fully saturated rings. The number of aromatic nitrogens is 2. The zero-order chi connectivity index (χ0) is 19.5. The highest BCUT2D eigenvalue weighted by Gasteiger charge is 2.24. The highest BCUT2D eigenvalue weighted by Crippen LogP contribution is 2.30. The van der Waals surface area contributed by atoms with Crippen molar-refractivity contribution in [3.8, 4) is 22.2 Å². The van der Waals surface area contributed by atoms with E-state index in [9.17, 15) is 9.90 Å². The van der Waals surface area contributed by atoms with Gasteiger partial charge in [0.1, 0.15) is 17.3 Å². The van der Waals surface area contributed by atoms with Gasteiger partial charge in [-0.05, 0) is 36.9 Å². The van der Waals surface area contributed by atoms with E-state index in [-0.39, 0.29) is 17.2 Å². The number of piperidine rings is 1. The van der Waals surface area contributed by atoms with Gasteiger partial charge >= 0.3 is 0 Å². The van der Waals surface area contributed by atoms with Gasteiger partial charge in [-0.2, -0.15) is 0 Å². The fourth-order valence-electron chi connectivity index (χ4n) is 3.70. The number of phenolic OH excluding ortho intramolecular Hbond substituents is 1. The molecule has 4 rings (SSSR count). The van der Waals surface area contributed by atoms with Crippen molar-refractivity contribution in [2.75, 3.05) is 20.2 Å². The molecular weight excluding hydrogens is 374 g/mol. The molecule has 3 aromatic rings. The molecule has 0 radical (unpaired) electrons. The number of benzene rings is 1. The number of aromatic amines is 1. The molecule has 2 N–H and O–H groups in total. The van der Waals surface area contributed by atoms with Crippen LogP contribution in [0.15, 0.2) is 46.6 Å². The minimum atomic E-state index is -0.113. The van der Waals surface area contributed by atoms with Gasteiger partial charge < -0.3 is 14.8 Å². The van der Waals surface area contributed by atoms with Gasteiger partial charge in [0.2, 0.25) is 0 Å². The quantitative estimate of drug-likeness (QED) is 0.688. The van der Waals surface area contributed by atoms with Crippen LogP contribution in [0, 0.1) is 0 Å². The van der Waals surface area contributed by atoms with Crippen LogP contribution < -0.4 is 10.3 Å². The van der Waals surface area contributed by atoms with Gasteiger partial charge in [-0.15, -0.1) is 11.3 Å². The largest absolute Gasteiger partial charge is 0.507 e.